The summed E-state index contributed by atoms with van der Waals surface area (Å²) in [6, 6.07) is 5.81. The van der Waals surface area contributed by atoms with Crippen LogP contribution in [0.4, 0.5) is 0 Å². The van der Waals surface area contributed by atoms with Gasteiger partial charge >= 0.3 is 5.97 Å². The second-order valence-corrected chi connectivity index (χ2v) is 14.7. The zero-order valence-corrected chi connectivity index (χ0v) is 30.9. The molecule has 14 atom stereocenters. The second kappa shape index (κ2) is 16.7. The molecule has 50 heavy (non-hydrogen) atoms. The molecule has 0 bridgehead atoms. The van der Waals surface area contributed by atoms with E-state index in [1.54, 1.807) is 65.9 Å². The molecule has 1 aromatic rings. The number of oxime groups is 1. The third-order valence-corrected chi connectivity index (χ3v) is 10.7. The van der Waals surface area contributed by atoms with E-state index >= 15 is 0 Å². The summed E-state index contributed by atoms with van der Waals surface area (Å²) in [5.41, 5.74) is -3.34. The number of amides is 1. The molecule has 2 aliphatic heterocycles. The number of methoxy groups -OCH3 is 1. The van der Waals surface area contributed by atoms with Crippen LogP contribution in [-0.2, 0) is 19.0 Å². The number of aliphatic hydroxyl groups is 5. The largest absolute Gasteiger partial charge is 0.497 e. The van der Waals surface area contributed by atoms with Gasteiger partial charge in [0.1, 0.15) is 23.6 Å². The molecular weight excluding hydrogens is 652 g/mol. The van der Waals surface area contributed by atoms with E-state index in [0.29, 0.717) is 11.3 Å². The molecule has 1 amide bonds. The number of carbonyl (C=O) groups is 2. The first-order chi connectivity index (χ1) is 23.2. The number of nitrogens with zero attached hydrogens (tertiary/aromatic N) is 2. The number of aliphatic hydroxyl groups excluding tert-OH is 3. The molecule has 0 saturated carbocycles. The average molecular weight is 711 g/mol. The fraction of sp³-hybridized carbons (Fsp3) is 0.750. The zero-order chi connectivity index (χ0) is 37.9. The summed E-state index contributed by atoms with van der Waals surface area (Å²) < 4.78 is 23.3. The van der Waals surface area contributed by atoms with E-state index in [1.807, 2.05) is 0 Å². The van der Waals surface area contributed by atoms with Gasteiger partial charge in [-0.15, -0.1) is 0 Å². The molecule has 14 heteroatoms. The molecular formula is C36H58N2O12. The highest BCUT2D eigenvalue weighted by Gasteiger charge is 2.51. The van der Waals surface area contributed by atoms with Crippen molar-refractivity contribution in [2.45, 2.75) is 135 Å². The Hall–Kier alpha value is -2.85. The Labute approximate surface area is 295 Å². The maximum absolute atomic E-state index is 13.5. The highest BCUT2D eigenvalue weighted by Crippen LogP contribution is 2.38. The van der Waals surface area contributed by atoms with Crippen molar-refractivity contribution in [3.8, 4) is 5.75 Å². The minimum Gasteiger partial charge on any atom is -0.497 e. The topological polar surface area (TPSA) is 208 Å². The molecule has 0 aromatic heterocycles. The lowest BCUT2D eigenvalue weighted by atomic mass is 9.73. The SMILES string of the molecule is CC[C@H]1OC(=O)[C@H](C)[C@@H](O)[C@H](C)[C@@H](O[C@@H]2O[C@H](C)C[C@H](N(C)C(=O)c3ccc(OC)cc3)[C@H]2O)C(C)(O)C[C@@H](C)/C(=N\O)[C@H](C)[C@@H](O)[C@]1(C)O. The van der Waals surface area contributed by atoms with Crippen molar-refractivity contribution in [3.05, 3.63) is 29.8 Å². The molecule has 0 spiro atoms. The lowest BCUT2D eigenvalue weighted by molar-refractivity contribution is -0.298. The molecule has 2 fully saturated rings. The van der Waals surface area contributed by atoms with Gasteiger partial charge in [0.15, 0.2) is 6.29 Å². The van der Waals surface area contributed by atoms with Crippen molar-refractivity contribution < 1.29 is 59.3 Å². The number of hydrogen-bond donors (Lipinski definition) is 6. The number of carbonyl (C=O) groups excluding carboxylic acids is 2. The highest BCUT2D eigenvalue weighted by atomic mass is 16.7. The second-order valence-electron chi connectivity index (χ2n) is 14.7. The van der Waals surface area contributed by atoms with Crippen LogP contribution in [0.3, 0.4) is 0 Å². The lowest BCUT2D eigenvalue weighted by Crippen LogP contribution is -2.60. The van der Waals surface area contributed by atoms with Crippen LogP contribution >= 0.6 is 0 Å². The van der Waals surface area contributed by atoms with Crippen molar-refractivity contribution in [3.63, 3.8) is 0 Å². The average Bonchev–Trinajstić information content (AvgIpc) is 3.07. The molecule has 2 aliphatic rings. The Morgan fingerprint density at radius 2 is 1.62 bits per heavy atom. The van der Waals surface area contributed by atoms with Crippen LogP contribution in [0, 0.1) is 23.7 Å². The predicted octanol–water partition coefficient (Wildman–Crippen LogP) is 2.34. The van der Waals surface area contributed by atoms with Crippen LogP contribution in [0.2, 0.25) is 0 Å². The maximum atomic E-state index is 13.5. The standard InChI is InChI=1S/C36H58N2O12/c1-11-26-36(8,45)30(41)20(4)27(37-46)18(2)17-35(7,44)31(21(5)28(39)22(6)33(43)49-26)50-34-29(40)25(16-19(3)48-34)38(9)32(42)23-12-14-24(47-10)15-13-23/h12-15,18-22,25-26,28-31,34,39-41,44-46H,11,16-17H2,1-10H3/b37-27+/t18-,19-,20+,21+,22-,25+,26-,28+,29-,30-,31-,34+,35?,36-/m1/s1. The van der Waals surface area contributed by atoms with Gasteiger partial charge in [0.05, 0.1) is 54.8 Å². The van der Waals surface area contributed by atoms with E-state index in [9.17, 15) is 40.3 Å². The molecule has 0 aliphatic carbocycles. The van der Waals surface area contributed by atoms with Crippen molar-refractivity contribution in [1.29, 1.82) is 0 Å². The van der Waals surface area contributed by atoms with Gasteiger partial charge < -0.3 is 54.6 Å². The van der Waals surface area contributed by atoms with Crippen molar-refractivity contribution in [2.75, 3.05) is 14.2 Å². The predicted molar refractivity (Wildman–Crippen MR) is 183 cm³/mol. The van der Waals surface area contributed by atoms with Crippen LogP contribution in [0.5, 0.6) is 5.75 Å². The molecule has 2 heterocycles. The lowest BCUT2D eigenvalue weighted by Gasteiger charge is -2.47. The van der Waals surface area contributed by atoms with Crippen LogP contribution in [0.15, 0.2) is 29.4 Å². The normalized spacial score (nSPS) is 41.6. The zero-order valence-electron chi connectivity index (χ0n) is 30.9. The van der Waals surface area contributed by atoms with Gasteiger partial charge in [0.25, 0.3) is 5.91 Å². The Morgan fingerprint density at radius 1 is 1.02 bits per heavy atom. The highest BCUT2D eigenvalue weighted by molar-refractivity contribution is 5.94. The van der Waals surface area contributed by atoms with Gasteiger partial charge in [-0.2, -0.15) is 0 Å². The van der Waals surface area contributed by atoms with Gasteiger partial charge in [-0.1, -0.05) is 32.9 Å². The van der Waals surface area contributed by atoms with Gasteiger partial charge in [0, 0.05) is 30.4 Å². The summed E-state index contributed by atoms with van der Waals surface area (Å²) in [7, 11) is 3.09. The van der Waals surface area contributed by atoms with Crippen LogP contribution in [-0.4, -0.2) is 128 Å². The summed E-state index contributed by atoms with van der Waals surface area (Å²) >= 11 is 0. The summed E-state index contributed by atoms with van der Waals surface area (Å²) in [6.07, 6.45) is -8.44. The Balaban J connectivity index is 2.01. The fourth-order valence-corrected chi connectivity index (χ4v) is 7.57. The fourth-order valence-electron chi connectivity index (χ4n) is 7.57. The third-order valence-electron chi connectivity index (χ3n) is 10.7. The van der Waals surface area contributed by atoms with Gasteiger partial charge in [-0.05, 0) is 71.2 Å². The number of benzene rings is 1. The third kappa shape index (κ3) is 8.77. The minimum absolute atomic E-state index is 0.0675. The van der Waals surface area contributed by atoms with Crippen molar-refractivity contribution >= 4 is 17.6 Å². The van der Waals surface area contributed by atoms with Crippen LogP contribution in [0.1, 0.15) is 85.0 Å². The molecule has 14 nitrogen and oxygen atoms in total. The van der Waals surface area contributed by atoms with Crippen LogP contribution in [0.25, 0.3) is 0 Å². The van der Waals surface area contributed by atoms with E-state index in [-0.39, 0.29) is 30.9 Å². The van der Waals surface area contributed by atoms with E-state index < -0.39 is 89.8 Å². The van der Waals surface area contributed by atoms with Crippen molar-refractivity contribution in [1.82, 2.24) is 4.90 Å². The first-order valence-corrected chi connectivity index (χ1v) is 17.4. The number of esters is 1. The summed E-state index contributed by atoms with van der Waals surface area (Å²) in [5.74, 6) is -4.41. The van der Waals surface area contributed by atoms with E-state index in [1.165, 1.54) is 32.8 Å². The molecule has 2 saturated heterocycles. The summed E-state index contributed by atoms with van der Waals surface area (Å²) in [4.78, 5) is 28.3. The first kappa shape index (κ1) is 41.6. The summed E-state index contributed by atoms with van der Waals surface area (Å²) in [6.45, 7) is 12.5. The summed E-state index contributed by atoms with van der Waals surface area (Å²) in [5, 5.41) is 71.5. The Kier molecular flexibility index (Phi) is 13.8. The van der Waals surface area contributed by atoms with E-state index in [4.69, 9.17) is 18.9 Å². The first-order valence-electron chi connectivity index (χ1n) is 17.4. The van der Waals surface area contributed by atoms with Gasteiger partial charge in [-0.3, -0.25) is 9.59 Å². The molecule has 1 unspecified atom stereocenters. The molecule has 284 valence electrons. The molecule has 0 radical (unpaired) electrons. The van der Waals surface area contributed by atoms with Crippen molar-refractivity contribution in [2.24, 2.45) is 28.8 Å². The molecule has 3 rings (SSSR count). The minimum atomic E-state index is -1.96. The van der Waals surface area contributed by atoms with Crippen LogP contribution < -0.4 is 4.74 Å². The molecule has 6 N–H and O–H groups in total. The quantitative estimate of drug-likeness (QED) is 0.143. The van der Waals surface area contributed by atoms with Gasteiger partial charge in [0.2, 0.25) is 0 Å². The van der Waals surface area contributed by atoms with E-state index in [0.717, 1.165) is 0 Å². The Morgan fingerprint density at radius 3 is 2.16 bits per heavy atom. The number of hydrogen-bond acceptors (Lipinski definition) is 13. The Bertz CT molecular complexity index is 1320. The number of rotatable bonds is 6. The number of cyclic esters (lactones) is 1. The monoisotopic (exact) mass is 710 g/mol. The van der Waals surface area contributed by atoms with Gasteiger partial charge in [-0.25, -0.2) is 0 Å². The maximum Gasteiger partial charge on any atom is 0.311 e. The van der Waals surface area contributed by atoms with E-state index in [2.05, 4.69) is 5.16 Å². The molecule has 1 aromatic carbocycles. The number of ether oxygens (including phenoxy) is 4. The number of likely N-dealkylation sites (N-methyl/N-ethyl adjacent to an activating group) is 1. The smallest absolute Gasteiger partial charge is 0.311 e.